The Morgan fingerprint density at radius 1 is 1.29 bits per heavy atom. The Kier molecular flexibility index (Phi) is 2.66. The van der Waals surface area contributed by atoms with Crippen LogP contribution in [0.5, 0.6) is 0 Å². The molecule has 0 bridgehead atoms. The third kappa shape index (κ3) is 1.72. The van der Waals surface area contributed by atoms with Crippen molar-refractivity contribution in [2.24, 2.45) is 0 Å². The normalized spacial score (nSPS) is 10.8. The first kappa shape index (κ1) is 9.81. The van der Waals surface area contributed by atoms with Crippen LogP contribution in [0, 0.1) is 6.92 Å². The first-order chi connectivity index (χ1) is 6.70. The Labute approximate surface area is 92.5 Å². The zero-order valence-electron chi connectivity index (χ0n) is 8.04. The number of fused-ring (bicyclic) bond motifs is 1. The maximum atomic E-state index is 5.91. The zero-order valence-corrected chi connectivity index (χ0v) is 9.62. The number of aromatic nitrogens is 1. The average Bonchev–Trinajstić information content (AvgIpc) is 2.16. The van der Waals surface area contributed by atoms with Crippen LogP contribution < -0.4 is 0 Å². The summed E-state index contributed by atoms with van der Waals surface area (Å²) in [5.74, 6) is 0. The lowest BCUT2D eigenvalue weighted by Gasteiger charge is -2.04. The lowest BCUT2D eigenvalue weighted by atomic mass is 10.2. The Hall–Kier alpha value is -0.730. The highest BCUT2D eigenvalue weighted by atomic mass is 35.5. The third-order valence-electron chi connectivity index (χ3n) is 2.11. The number of nitrogens with zero attached hydrogens (tertiary/aromatic N) is 1. The molecule has 0 N–H and O–H groups in total. The van der Waals surface area contributed by atoms with E-state index >= 15 is 0 Å². The van der Waals surface area contributed by atoms with E-state index in [1.165, 1.54) is 5.56 Å². The van der Waals surface area contributed by atoms with Gasteiger partial charge in [0, 0.05) is 10.4 Å². The van der Waals surface area contributed by atoms with Gasteiger partial charge in [0.2, 0.25) is 0 Å². The molecule has 0 saturated carbocycles. The molecule has 0 fully saturated rings. The predicted molar refractivity (Wildman–Crippen MR) is 63.3 cm³/mol. The molecule has 1 aromatic carbocycles. The van der Waals surface area contributed by atoms with Crippen LogP contribution in [-0.4, -0.2) is 11.2 Å². The number of pyridine rings is 1. The number of halogens is 1. The van der Waals surface area contributed by atoms with E-state index in [2.05, 4.69) is 18.0 Å². The highest BCUT2D eigenvalue weighted by Crippen LogP contribution is 2.24. The summed E-state index contributed by atoms with van der Waals surface area (Å²) in [5.41, 5.74) is 2.21. The summed E-state index contributed by atoms with van der Waals surface area (Å²) in [7, 11) is 0. The number of benzene rings is 1. The van der Waals surface area contributed by atoms with Crippen molar-refractivity contribution in [3.8, 4) is 0 Å². The minimum Gasteiger partial charge on any atom is -0.241 e. The summed E-state index contributed by atoms with van der Waals surface area (Å²) in [4.78, 5) is 4.54. The highest BCUT2D eigenvalue weighted by Gasteiger charge is 2.02. The van der Waals surface area contributed by atoms with Crippen molar-refractivity contribution in [2.75, 3.05) is 6.26 Å². The van der Waals surface area contributed by atoms with Gasteiger partial charge in [0.25, 0.3) is 0 Å². The van der Waals surface area contributed by atoms with Crippen molar-refractivity contribution in [2.45, 2.75) is 11.9 Å². The Bertz CT molecular complexity index is 482. The van der Waals surface area contributed by atoms with Crippen LogP contribution in [0.1, 0.15) is 5.56 Å². The van der Waals surface area contributed by atoms with Crippen LogP contribution in [0.2, 0.25) is 5.02 Å². The number of hydrogen-bond donors (Lipinski definition) is 0. The SMILES string of the molecule is CSc1nc2ccc(Cl)cc2cc1C. The van der Waals surface area contributed by atoms with E-state index in [0.29, 0.717) is 0 Å². The van der Waals surface area contributed by atoms with Crippen molar-refractivity contribution in [3.63, 3.8) is 0 Å². The van der Waals surface area contributed by atoms with Gasteiger partial charge in [-0.25, -0.2) is 4.98 Å². The number of aryl methyl sites for hydroxylation is 1. The molecule has 0 radical (unpaired) electrons. The van der Waals surface area contributed by atoms with Crippen LogP contribution in [-0.2, 0) is 0 Å². The van der Waals surface area contributed by atoms with Crippen LogP contribution in [0.3, 0.4) is 0 Å². The first-order valence-corrected chi connectivity index (χ1v) is 5.92. The molecule has 0 spiro atoms. The van der Waals surface area contributed by atoms with Gasteiger partial charge in [0.15, 0.2) is 0 Å². The fourth-order valence-electron chi connectivity index (χ4n) is 1.44. The molecule has 0 aliphatic carbocycles. The minimum absolute atomic E-state index is 0.760. The Balaban J connectivity index is 2.73. The van der Waals surface area contributed by atoms with E-state index in [9.17, 15) is 0 Å². The van der Waals surface area contributed by atoms with Crippen molar-refractivity contribution in [1.29, 1.82) is 0 Å². The molecule has 1 aromatic heterocycles. The van der Waals surface area contributed by atoms with Crippen LogP contribution in [0.25, 0.3) is 10.9 Å². The fourth-order valence-corrected chi connectivity index (χ4v) is 2.19. The van der Waals surface area contributed by atoms with Gasteiger partial charge >= 0.3 is 0 Å². The second kappa shape index (κ2) is 3.79. The molecule has 2 rings (SSSR count). The van der Waals surface area contributed by atoms with E-state index in [1.54, 1.807) is 11.8 Å². The van der Waals surface area contributed by atoms with E-state index in [1.807, 2.05) is 24.5 Å². The molecule has 1 heterocycles. The van der Waals surface area contributed by atoms with Crippen LogP contribution in [0.4, 0.5) is 0 Å². The Morgan fingerprint density at radius 3 is 2.79 bits per heavy atom. The number of thioether (sulfide) groups is 1. The second-order valence-electron chi connectivity index (χ2n) is 3.15. The first-order valence-electron chi connectivity index (χ1n) is 4.31. The molecule has 72 valence electrons. The molecule has 2 aromatic rings. The lowest BCUT2D eigenvalue weighted by Crippen LogP contribution is -1.86. The second-order valence-corrected chi connectivity index (χ2v) is 4.38. The summed E-state index contributed by atoms with van der Waals surface area (Å²) < 4.78 is 0. The summed E-state index contributed by atoms with van der Waals surface area (Å²) >= 11 is 7.58. The molecule has 1 nitrogen and oxygen atoms in total. The topological polar surface area (TPSA) is 12.9 Å². The van der Waals surface area contributed by atoms with Crippen molar-refractivity contribution < 1.29 is 0 Å². The molecule has 3 heteroatoms. The van der Waals surface area contributed by atoms with E-state index in [0.717, 1.165) is 21.0 Å². The van der Waals surface area contributed by atoms with Crippen LogP contribution in [0.15, 0.2) is 29.3 Å². The predicted octanol–water partition coefficient (Wildman–Crippen LogP) is 3.92. The molecule has 0 amide bonds. The standard InChI is InChI=1S/C11H10ClNS/c1-7-5-8-6-9(12)3-4-10(8)13-11(7)14-2/h3-6H,1-2H3. The number of hydrogen-bond acceptors (Lipinski definition) is 2. The van der Waals surface area contributed by atoms with Gasteiger partial charge in [-0.1, -0.05) is 11.6 Å². The van der Waals surface area contributed by atoms with Gasteiger partial charge < -0.3 is 0 Å². The van der Waals surface area contributed by atoms with E-state index in [4.69, 9.17) is 11.6 Å². The quantitative estimate of drug-likeness (QED) is 0.680. The van der Waals surface area contributed by atoms with Gasteiger partial charge in [0.1, 0.15) is 0 Å². The maximum absolute atomic E-state index is 5.91. The summed E-state index contributed by atoms with van der Waals surface area (Å²) in [5, 5.41) is 2.95. The summed E-state index contributed by atoms with van der Waals surface area (Å²) in [6.45, 7) is 2.07. The van der Waals surface area contributed by atoms with E-state index < -0.39 is 0 Å². The van der Waals surface area contributed by atoms with Crippen LogP contribution >= 0.6 is 23.4 Å². The van der Waals surface area contributed by atoms with Crippen molar-refractivity contribution >= 4 is 34.3 Å². The molecule has 14 heavy (non-hydrogen) atoms. The molecular formula is C11H10ClNS. The molecule has 0 atom stereocenters. The smallest absolute Gasteiger partial charge is 0.0994 e. The number of rotatable bonds is 1. The van der Waals surface area contributed by atoms with Crippen molar-refractivity contribution in [3.05, 3.63) is 34.9 Å². The lowest BCUT2D eigenvalue weighted by molar-refractivity contribution is 1.13. The average molecular weight is 224 g/mol. The van der Waals surface area contributed by atoms with Gasteiger partial charge in [-0.15, -0.1) is 11.8 Å². The van der Waals surface area contributed by atoms with Gasteiger partial charge in [0.05, 0.1) is 10.5 Å². The zero-order chi connectivity index (χ0) is 10.1. The minimum atomic E-state index is 0.760. The summed E-state index contributed by atoms with van der Waals surface area (Å²) in [6.07, 6.45) is 2.04. The van der Waals surface area contributed by atoms with Gasteiger partial charge in [-0.05, 0) is 43.0 Å². The van der Waals surface area contributed by atoms with Gasteiger partial charge in [-0.3, -0.25) is 0 Å². The fraction of sp³-hybridized carbons (Fsp3) is 0.182. The maximum Gasteiger partial charge on any atom is 0.0994 e. The van der Waals surface area contributed by atoms with E-state index in [-0.39, 0.29) is 0 Å². The molecular weight excluding hydrogens is 214 g/mol. The van der Waals surface area contributed by atoms with Gasteiger partial charge in [-0.2, -0.15) is 0 Å². The monoisotopic (exact) mass is 223 g/mol. The third-order valence-corrected chi connectivity index (χ3v) is 3.15. The van der Waals surface area contributed by atoms with Crippen molar-refractivity contribution in [1.82, 2.24) is 4.98 Å². The molecule has 0 aliphatic rings. The molecule has 0 unspecified atom stereocenters. The Morgan fingerprint density at radius 2 is 2.07 bits per heavy atom. The summed E-state index contributed by atoms with van der Waals surface area (Å²) in [6, 6.07) is 7.90. The highest BCUT2D eigenvalue weighted by molar-refractivity contribution is 7.98. The molecule has 0 aliphatic heterocycles. The molecule has 0 saturated heterocycles. The largest absolute Gasteiger partial charge is 0.241 e.